The Bertz CT molecular complexity index is 193. The fourth-order valence-electron chi connectivity index (χ4n) is 0.606. The second-order valence-electron chi connectivity index (χ2n) is 1.66. The maximum absolute atomic E-state index is 8.09. The molecule has 9 heavy (non-hydrogen) atoms. The van der Waals surface area contributed by atoms with Gasteiger partial charge in [-0.25, -0.2) is 5.21 Å². The zero-order valence-electron chi connectivity index (χ0n) is 4.86. The second-order valence-corrected chi connectivity index (χ2v) is 1.66. The molecule has 0 aliphatic heterocycles. The summed E-state index contributed by atoms with van der Waals surface area (Å²) in [5.41, 5.74) is 0.903. The highest BCUT2D eigenvalue weighted by molar-refractivity contribution is 5.77. The summed E-state index contributed by atoms with van der Waals surface area (Å²) < 4.78 is 0. The summed E-state index contributed by atoms with van der Waals surface area (Å²) in [6.45, 7) is 0. The molecule has 0 fully saturated rings. The van der Waals surface area contributed by atoms with E-state index in [4.69, 9.17) is 5.21 Å². The Hall–Kier alpha value is -1.31. The Morgan fingerprint density at radius 2 is 1.89 bits per heavy atom. The van der Waals surface area contributed by atoms with E-state index in [1.54, 1.807) is 0 Å². The van der Waals surface area contributed by atoms with Gasteiger partial charge in [-0.3, -0.25) is 0 Å². The Labute approximate surface area is 53.4 Å². The molecule has 0 saturated heterocycles. The van der Waals surface area contributed by atoms with Crippen LogP contribution in [0.15, 0.2) is 30.3 Å². The van der Waals surface area contributed by atoms with Gasteiger partial charge in [-0.2, -0.15) is 0 Å². The third-order valence-electron chi connectivity index (χ3n) is 1.01. The number of benzene rings is 1. The van der Waals surface area contributed by atoms with Crippen LogP contribution in [-0.4, -0.2) is 11.4 Å². The number of rotatable bonds is 1. The lowest BCUT2D eigenvalue weighted by atomic mass is 10.2. The molecule has 0 heterocycles. The number of hydrogen-bond donors (Lipinski definition) is 1. The zero-order chi connectivity index (χ0) is 6.53. The van der Waals surface area contributed by atoms with Crippen molar-refractivity contribution in [3.63, 3.8) is 0 Å². The average Bonchev–Trinajstić information content (AvgIpc) is 1.91. The molecule has 0 amide bonds. The predicted molar refractivity (Wildman–Crippen MR) is 35.5 cm³/mol. The summed E-state index contributed by atoms with van der Waals surface area (Å²) in [4.78, 5) is 0. The molecule has 0 bridgehead atoms. The molecule has 1 aromatic rings. The van der Waals surface area contributed by atoms with Crippen molar-refractivity contribution in [2.75, 3.05) is 0 Å². The van der Waals surface area contributed by atoms with E-state index in [1.807, 2.05) is 30.3 Å². The molecule has 45 valence electrons. The highest BCUT2D eigenvalue weighted by atomic mass is 16.4. The minimum absolute atomic E-state index is 0.903. The first-order chi connectivity index (χ1) is 4.43. The van der Waals surface area contributed by atoms with Crippen LogP contribution in [0.1, 0.15) is 5.56 Å². The van der Waals surface area contributed by atoms with Gasteiger partial charge < -0.3 is 0 Å². The predicted octanol–water partition coefficient (Wildman–Crippen LogP) is 0.831. The smallest absolute Gasteiger partial charge is 0.227 e. The minimum Gasteiger partial charge on any atom is -0.227 e. The van der Waals surface area contributed by atoms with Gasteiger partial charge in [-0.05, 0) is 12.1 Å². The molecular formula is C7H7NO+. The Balaban J connectivity index is 2.85. The van der Waals surface area contributed by atoms with Gasteiger partial charge in [0.05, 0.1) is 5.56 Å². The number of nitrogens with zero attached hydrogens (tertiary/aromatic N) is 1. The fourth-order valence-corrected chi connectivity index (χ4v) is 0.606. The molecule has 1 N–H and O–H groups in total. The van der Waals surface area contributed by atoms with Crippen LogP contribution in [0.3, 0.4) is 0 Å². The molecule has 2 heteroatoms. The number of oxime groups is 1. The van der Waals surface area contributed by atoms with E-state index in [9.17, 15) is 0 Å². The summed E-state index contributed by atoms with van der Waals surface area (Å²) in [7, 11) is 0. The molecular weight excluding hydrogens is 114 g/mol. The van der Waals surface area contributed by atoms with Crippen LogP contribution in [0.2, 0.25) is 0 Å². The largest absolute Gasteiger partial charge is 0.309 e. The van der Waals surface area contributed by atoms with Crippen molar-refractivity contribution in [1.82, 2.24) is 5.16 Å². The van der Waals surface area contributed by atoms with E-state index in [2.05, 4.69) is 5.16 Å². The Kier molecular flexibility index (Phi) is 1.85. The van der Waals surface area contributed by atoms with Gasteiger partial charge in [0.15, 0.2) is 0 Å². The molecule has 2 nitrogen and oxygen atoms in total. The molecule has 0 aromatic heterocycles. The van der Waals surface area contributed by atoms with Gasteiger partial charge >= 0.3 is 6.21 Å². The van der Waals surface area contributed by atoms with Gasteiger partial charge in [0.2, 0.25) is 0 Å². The maximum Gasteiger partial charge on any atom is 0.309 e. The molecule has 0 aliphatic rings. The molecule has 1 radical (unpaired) electrons. The minimum atomic E-state index is 0.903. The zero-order valence-corrected chi connectivity index (χ0v) is 4.86. The monoisotopic (exact) mass is 121 g/mol. The average molecular weight is 121 g/mol. The van der Waals surface area contributed by atoms with Crippen LogP contribution >= 0.6 is 0 Å². The quantitative estimate of drug-likeness (QED) is 0.333. The summed E-state index contributed by atoms with van der Waals surface area (Å²) in [5, 5.41) is 11.0. The van der Waals surface area contributed by atoms with E-state index in [1.165, 1.54) is 6.21 Å². The number of hydrogen-bond acceptors (Lipinski definition) is 2. The lowest BCUT2D eigenvalue weighted by Crippen LogP contribution is -1.85. The van der Waals surface area contributed by atoms with Crippen molar-refractivity contribution in [3.05, 3.63) is 35.9 Å². The van der Waals surface area contributed by atoms with E-state index in [0.29, 0.717) is 0 Å². The fraction of sp³-hybridized carbons (Fsp3) is 0. The summed E-state index contributed by atoms with van der Waals surface area (Å²) >= 11 is 0. The molecule has 0 spiro atoms. The summed E-state index contributed by atoms with van der Waals surface area (Å²) in [6.07, 6.45) is 1.39. The highest BCUT2D eigenvalue weighted by Gasteiger charge is 1.89. The normalized spacial score (nSPS) is 10.2. The van der Waals surface area contributed by atoms with E-state index in [-0.39, 0.29) is 0 Å². The standard InChI is InChI=1S/C7H7NO/c9-8-6-7-4-2-1-3-5-7/h1-6,9H/q+1. The lowest BCUT2D eigenvalue weighted by Gasteiger charge is -1.79. The van der Waals surface area contributed by atoms with Crippen molar-refractivity contribution in [2.45, 2.75) is 0 Å². The van der Waals surface area contributed by atoms with Gasteiger partial charge in [0.25, 0.3) is 5.16 Å². The van der Waals surface area contributed by atoms with Crippen LogP contribution in [0, 0.1) is 0 Å². The van der Waals surface area contributed by atoms with Crippen molar-refractivity contribution >= 4 is 6.21 Å². The van der Waals surface area contributed by atoms with Crippen LogP contribution in [-0.2, 0) is 0 Å². The van der Waals surface area contributed by atoms with Gasteiger partial charge in [-0.15, -0.1) is 0 Å². The van der Waals surface area contributed by atoms with Gasteiger partial charge in [0, 0.05) is 0 Å². The molecule has 0 aliphatic carbocycles. The van der Waals surface area contributed by atoms with Crippen molar-refractivity contribution in [1.29, 1.82) is 0 Å². The second kappa shape index (κ2) is 2.87. The molecule has 0 atom stereocenters. The first-order valence-corrected chi connectivity index (χ1v) is 2.66. The molecule has 0 saturated carbocycles. The first kappa shape index (κ1) is 5.82. The van der Waals surface area contributed by atoms with E-state index in [0.717, 1.165) is 5.56 Å². The first-order valence-electron chi connectivity index (χ1n) is 2.66. The third kappa shape index (κ3) is 1.57. The lowest BCUT2D eigenvalue weighted by molar-refractivity contribution is 0.257. The SMILES string of the molecule is O[N+]=Cc1ccccc1. The summed E-state index contributed by atoms with van der Waals surface area (Å²) in [6, 6.07) is 9.40. The Morgan fingerprint density at radius 3 is 2.44 bits per heavy atom. The molecule has 1 aromatic carbocycles. The maximum atomic E-state index is 8.09. The molecule has 0 unspecified atom stereocenters. The van der Waals surface area contributed by atoms with Crippen LogP contribution in [0.5, 0.6) is 0 Å². The van der Waals surface area contributed by atoms with Crippen molar-refractivity contribution in [2.24, 2.45) is 0 Å². The third-order valence-corrected chi connectivity index (χ3v) is 1.01. The summed E-state index contributed by atoms with van der Waals surface area (Å²) in [5.74, 6) is 0. The van der Waals surface area contributed by atoms with Gasteiger partial charge in [0.1, 0.15) is 0 Å². The van der Waals surface area contributed by atoms with Crippen molar-refractivity contribution in [3.8, 4) is 0 Å². The molecule has 1 rings (SSSR count). The van der Waals surface area contributed by atoms with Gasteiger partial charge in [-0.1, -0.05) is 18.2 Å². The van der Waals surface area contributed by atoms with Crippen molar-refractivity contribution < 1.29 is 5.21 Å². The van der Waals surface area contributed by atoms with Crippen LogP contribution < -0.4 is 5.16 Å². The van der Waals surface area contributed by atoms with E-state index < -0.39 is 0 Å². The topological polar surface area (TPSA) is 34.3 Å². The van der Waals surface area contributed by atoms with E-state index >= 15 is 0 Å². The Morgan fingerprint density at radius 1 is 1.22 bits per heavy atom. The van der Waals surface area contributed by atoms with Crippen LogP contribution in [0.4, 0.5) is 0 Å². The van der Waals surface area contributed by atoms with Crippen LogP contribution in [0.25, 0.3) is 0 Å². The highest BCUT2D eigenvalue weighted by Crippen LogP contribution is 1.91.